The van der Waals surface area contributed by atoms with Crippen molar-refractivity contribution < 1.29 is 9.50 Å². The molecule has 0 unspecified atom stereocenters. The van der Waals surface area contributed by atoms with E-state index in [2.05, 4.69) is 36.8 Å². The number of aliphatic hydroxyl groups is 1. The molecule has 0 amide bonds. The highest BCUT2D eigenvalue weighted by Gasteiger charge is 2.25. The number of aromatic nitrogens is 7. The summed E-state index contributed by atoms with van der Waals surface area (Å²) in [7, 11) is 0. The number of anilines is 1. The number of nitrogens with one attached hydrogen (secondary N) is 1. The molecule has 0 aromatic carbocycles. The number of alkyl halides is 1. The zero-order valence-corrected chi connectivity index (χ0v) is 19.6. The molecule has 1 saturated carbocycles. The Morgan fingerprint density at radius 2 is 2.09 bits per heavy atom. The molecule has 11 heteroatoms. The quantitative estimate of drug-likeness (QED) is 0.417. The molecule has 1 aliphatic carbocycles. The standard InChI is InChI=1S/C24H26FN9O/c1-24(2,35)6-5-18-14-33(32-31-18)22-12-27-20(8-21(22)30-17-4-3-16(25)7-17)19-11-29-34-13-15(9-26)10-28-23(19)34/h8,10-14,16-17,35H,3-7H2,1-2H3,(H,27,30)/t16-,17-/m0/s1. The molecule has 0 saturated heterocycles. The Balaban J connectivity index is 1.51. The Bertz CT molecular complexity index is 1400. The van der Waals surface area contributed by atoms with Crippen LogP contribution in [0.3, 0.4) is 0 Å². The Kier molecular flexibility index (Phi) is 5.90. The van der Waals surface area contributed by atoms with Gasteiger partial charge in [0.2, 0.25) is 0 Å². The summed E-state index contributed by atoms with van der Waals surface area (Å²) in [5.41, 5.74) is 3.74. The third-order valence-corrected chi connectivity index (χ3v) is 6.15. The molecule has 4 aromatic rings. The molecule has 35 heavy (non-hydrogen) atoms. The fourth-order valence-corrected chi connectivity index (χ4v) is 4.25. The van der Waals surface area contributed by atoms with E-state index in [1.165, 1.54) is 6.20 Å². The van der Waals surface area contributed by atoms with E-state index in [4.69, 9.17) is 5.26 Å². The monoisotopic (exact) mass is 475 g/mol. The van der Waals surface area contributed by atoms with E-state index in [-0.39, 0.29) is 6.04 Å². The second-order valence-corrected chi connectivity index (χ2v) is 9.59. The van der Waals surface area contributed by atoms with Crippen molar-refractivity contribution in [2.45, 2.75) is 63.8 Å². The van der Waals surface area contributed by atoms with E-state index in [1.807, 2.05) is 12.3 Å². The van der Waals surface area contributed by atoms with E-state index in [0.717, 1.165) is 17.8 Å². The van der Waals surface area contributed by atoms with Crippen LogP contribution in [0.4, 0.5) is 10.1 Å². The van der Waals surface area contributed by atoms with E-state index >= 15 is 0 Å². The number of pyridine rings is 1. The Hall–Kier alpha value is -3.91. The van der Waals surface area contributed by atoms with Crippen LogP contribution < -0.4 is 5.32 Å². The first-order valence-electron chi connectivity index (χ1n) is 11.6. The summed E-state index contributed by atoms with van der Waals surface area (Å²) in [6.07, 6.45) is 10.3. The van der Waals surface area contributed by atoms with Gasteiger partial charge in [0.1, 0.15) is 17.9 Å². The predicted molar refractivity (Wildman–Crippen MR) is 127 cm³/mol. The van der Waals surface area contributed by atoms with Crippen molar-refractivity contribution in [2.75, 3.05) is 5.32 Å². The summed E-state index contributed by atoms with van der Waals surface area (Å²) in [5, 5.41) is 35.4. The second-order valence-electron chi connectivity index (χ2n) is 9.59. The van der Waals surface area contributed by atoms with Crippen LogP contribution in [0, 0.1) is 11.3 Å². The Morgan fingerprint density at radius 3 is 2.83 bits per heavy atom. The molecule has 0 aliphatic heterocycles. The van der Waals surface area contributed by atoms with Gasteiger partial charge in [-0.25, -0.2) is 18.6 Å². The van der Waals surface area contributed by atoms with E-state index in [9.17, 15) is 9.50 Å². The number of hydrogen-bond acceptors (Lipinski definition) is 8. The normalized spacial score (nSPS) is 18.1. The van der Waals surface area contributed by atoms with Crippen molar-refractivity contribution in [1.82, 2.24) is 34.6 Å². The number of fused-ring (bicyclic) bond motifs is 1. The summed E-state index contributed by atoms with van der Waals surface area (Å²) in [5.74, 6) is 0. The topological polar surface area (TPSA) is 130 Å². The van der Waals surface area contributed by atoms with Crippen molar-refractivity contribution in [3.63, 3.8) is 0 Å². The fraction of sp³-hybridized carbons (Fsp3) is 0.417. The third kappa shape index (κ3) is 4.97. The Morgan fingerprint density at radius 1 is 1.23 bits per heavy atom. The predicted octanol–water partition coefficient (Wildman–Crippen LogP) is 3.25. The molecule has 0 bridgehead atoms. The van der Waals surface area contributed by atoms with Crippen LogP contribution in [0.25, 0.3) is 22.6 Å². The third-order valence-electron chi connectivity index (χ3n) is 6.15. The van der Waals surface area contributed by atoms with Gasteiger partial charge in [-0.2, -0.15) is 10.4 Å². The van der Waals surface area contributed by atoms with Gasteiger partial charge in [-0.1, -0.05) is 5.21 Å². The van der Waals surface area contributed by atoms with Crippen molar-refractivity contribution >= 4 is 11.3 Å². The molecule has 2 N–H and O–H groups in total. The van der Waals surface area contributed by atoms with E-state index < -0.39 is 11.8 Å². The molecule has 1 aliphatic rings. The molecule has 0 spiro atoms. The zero-order valence-electron chi connectivity index (χ0n) is 19.6. The molecule has 10 nitrogen and oxygen atoms in total. The molecule has 180 valence electrons. The minimum absolute atomic E-state index is 0.00241. The first-order valence-corrected chi connectivity index (χ1v) is 11.6. The maximum absolute atomic E-state index is 13.9. The van der Waals surface area contributed by atoms with Crippen LogP contribution in [-0.2, 0) is 6.42 Å². The maximum Gasteiger partial charge on any atom is 0.164 e. The molecule has 1 fully saturated rings. The fourth-order valence-electron chi connectivity index (χ4n) is 4.25. The van der Waals surface area contributed by atoms with Crippen LogP contribution in [0.1, 0.15) is 50.8 Å². The van der Waals surface area contributed by atoms with Crippen LogP contribution >= 0.6 is 0 Å². The number of aryl methyl sites for hydroxylation is 1. The van der Waals surface area contributed by atoms with Gasteiger partial charge in [-0.15, -0.1) is 5.10 Å². The molecule has 4 heterocycles. The lowest BCUT2D eigenvalue weighted by atomic mass is 10.0. The second kappa shape index (κ2) is 9.03. The van der Waals surface area contributed by atoms with Crippen LogP contribution in [-0.4, -0.2) is 57.5 Å². The molecule has 5 rings (SSSR count). The minimum atomic E-state index is -0.810. The van der Waals surface area contributed by atoms with Crippen LogP contribution in [0.5, 0.6) is 0 Å². The highest BCUT2D eigenvalue weighted by Crippen LogP contribution is 2.31. The smallest absolute Gasteiger partial charge is 0.164 e. The molecule has 0 radical (unpaired) electrons. The SMILES string of the molecule is CC(C)(O)CCc1cn(-c2cnc(-c3cnn4cc(C#N)cnc34)cc2N[C@H]2CC[C@H](F)C2)nn1. The van der Waals surface area contributed by atoms with Crippen LogP contribution in [0.2, 0.25) is 0 Å². The Labute approximate surface area is 201 Å². The summed E-state index contributed by atoms with van der Waals surface area (Å²) in [6.45, 7) is 3.52. The minimum Gasteiger partial charge on any atom is -0.390 e. The van der Waals surface area contributed by atoms with Gasteiger partial charge in [-0.05, 0) is 52.0 Å². The summed E-state index contributed by atoms with van der Waals surface area (Å²) in [4.78, 5) is 9.01. The van der Waals surface area contributed by atoms with Crippen molar-refractivity contribution in [3.8, 4) is 23.0 Å². The number of halogens is 1. The number of hydrogen-bond donors (Lipinski definition) is 2. The molecular formula is C24H26FN9O. The van der Waals surface area contributed by atoms with Crippen molar-refractivity contribution in [2.24, 2.45) is 0 Å². The summed E-state index contributed by atoms with van der Waals surface area (Å²) >= 11 is 0. The summed E-state index contributed by atoms with van der Waals surface area (Å²) < 4.78 is 17.1. The lowest BCUT2D eigenvalue weighted by molar-refractivity contribution is 0.0711. The molecule has 2 atom stereocenters. The lowest BCUT2D eigenvalue weighted by Gasteiger charge is -2.17. The van der Waals surface area contributed by atoms with Gasteiger partial charge < -0.3 is 10.4 Å². The van der Waals surface area contributed by atoms with Gasteiger partial charge in [0.15, 0.2) is 5.65 Å². The molecular weight excluding hydrogens is 449 g/mol. The van der Waals surface area contributed by atoms with Gasteiger partial charge >= 0.3 is 0 Å². The largest absolute Gasteiger partial charge is 0.390 e. The van der Waals surface area contributed by atoms with E-state index in [0.29, 0.717) is 53.8 Å². The van der Waals surface area contributed by atoms with Gasteiger partial charge in [0, 0.05) is 12.2 Å². The average Bonchev–Trinajstić information content (AvgIpc) is 3.56. The van der Waals surface area contributed by atoms with Crippen molar-refractivity contribution in [1.29, 1.82) is 5.26 Å². The average molecular weight is 476 g/mol. The number of rotatable bonds is 7. The van der Waals surface area contributed by atoms with E-state index in [1.54, 1.807) is 41.6 Å². The highest BCUT2D eigenvalue weighted by atomic mass is 19.1. The van der Waals surface area contributed by atoms with Gasteiger partial charge in [-0.3, -0.25) is 4.98 Å². The maximum atomic E-state index is 13.9. The highest BCUT2D eigenvalue weighted by molar-refractivity contribution is 5.78. The first-order chi connectivity index (χ1) is 16.8. The number of nitrogens with zero attached hydrogens (tertiary/aromatic N) is 8. The van der Waals surface area contributed by atoms with Crippen molar-refractivity contribution in [3.05, 3.63) is 48.3 Å². The van der Waals surface area contributed by atoms with Gasteiger partial charge in [0.25, 0.3) is 0 Å². The van der Waals surface area contributed by atoms with Gasteiger partial charge in [0.05, 0.1) is 58.6 Å². The summed E-state index contributed by atoms with van der Waals surface area (Å²) in [6, 6.07) is 3.94. The van der Waals surface area contributed by atoms with Crippen LogP contribution in [0.15, 0.2) is 37.1 Å². The zero-order chi connectivity index (χ0) is 24.6. The molecule has 4 aromatic heterocycles. The lowest BCUT2D eigenvalue weighted by Crippen LogP contribution is -2.19. The number of nitriles is 1. The first kappa shape index (κ1) is 22.9.